The van der Waals surface area contributed by atoms with E-state index >= 15 is 0 Å². The molecule has 5 heteroatoms. The Morgan fingerprint density at radius 2 is 1.86 bits per heavy atom. The summed E-state index contributed by atoms with van der Waals surface area (Å²) in [6.45, 7) is 5.20. The van der Waals surface area contributed by atoms with Crippen LogP contribution in [0.1, 0.15) is 32.3 Å². The summed E-state index contributed by atoms with van der Waals surface area (Å²) in [5.41, 5.74) is 1.24. The fraction of sp³-hybridized carbons (Fsp3) is 0.529. The van der Waals surface area contributed by atoms with Crippen molar-refractivity contribution in [3.63, 3.8) is 0 Å². The average molecular weight is 306 g/mol. The lowest BCUT2D eigenvalue weighted by molar-refractivity contribution is -0.143. The Bertz CT molecular complexity index is 474. The number of hydrogen-bond acceptors (Lipinski definition) is 3. The highest BCUT2D eigenvalue weighted by Crippen LogP contribution is 2.05. The lowest BCUT2D eigenvalue weighted by Crippen LogP contribution is -2.44. The third-order valence-corrected chi connectivity index (χ3v) is 3.49. The van der Waals surface area contributed by atoms with Crippen molar-refractivity contribution in [1.82, 2.24) is 10.2 Å². The second kappa shape index (κ2) is 9.20. The van der Waals surface area contributed by atoms with Crippen molar-refractivity contribution < 1.29 is 14.7 Å². The maximum Gasteiger partial charge on any atom is 0.326 e. The number of amides is 1. The van der Waals surface area contributed by atoms with Gasteiger partial charge in [0.15, 0.2) is 0 Å². The second-order valence-corrected chi connectivity index (χ2v) is 5.95. The van der Waals surface area contributed by atoms with E-state index in [0.29, 0.717) is 12.8 Å². The number of nitrogens with one attached hydrogen (secondary N) is 1. The zero-order valence-corrected chi connectivity index (χ0v) is 13.6. The Hall–Kier alpha value is -1.88. The third kappa shape index (κ3) is 6.72. The molecule has 0 aromatic heterocycles. The molecule has 0 fully saturated rings. The van der Waals surface area contributed by atoms with E-state index in [4.69, 9.17) is 5.11 Å². The number of carbonyl (C=O) groups is 2. The van der Waals surface area contributed by atoms with Crippen LogP contribution in [0.5, 0.6) is 0 Å². The van der Waals surface area contributed by atoms with Crippen LogP contribution in [0.15, 0.2) is 30.3 Å². The van der Waals surface area contributed by atoms with Gasteiger partial charge >= 0.3 is 5.97 Å². The zero-order valence-electron chi connectivity index (χ0n) is 13.6. The molecule has 1 atom stereocenters. The number of carbonyl (C=O) groups excluding carboxylic acids is 1. The highest BCUT2D eigenvalue weighted by atomic mass is 16.4. The minimum Gasteiger partial charge on any atom is -0.480 e. The summed E-state index contributed by atoms with van der Waals surface area (Å²) in [7, 11) is 2.01. The first-order valence-corrected chi connectivity index (χ1v) is 7.64. The van der Waals surface area contributed by atoms with E-state index in [9.17, 15) is 9.59 Å². The molecule has 0 aliphatic rings. The molecule has 0 radical (unpaired) electrons. The van der Waals surface area contributed by atoms with Gasteiger partial charge in [-0.05, 0) is 31.5 Å². The molecule has 0 saturated heterocycles. The fourth-order valence-corrected chi connectivity index (χ4v) is 2.24. The number of rotatable bonds is 9. The average Bonchev–Trinajstić information content (AvgIpc) is 2.45. The lowest BCUT2D eigenvalue weighted by atomic mass is 10.0. The molecule has 0 heterocycles. The topological polar surface area (TPSA) is 69.6 Å². The first-order chi connectivity index (χ1) is 10.4. The van der Waals surface area contributed by atoms with E-state index in [-0.39, 0.29) is 11.8 Å². The van der Waals surface area contributed by atoms with Gasteiger partial charge in [-0.2, -0.15) is 0 Å². The van der Waals surface area contributed by atoms with E-state index in [1.165, 1.54) is 5.56 Å². The van der Waals surface area contributed by atoms with Crippen LogP contribution < -0.4 is 5.32 Å². The molecule has 0 spiro atoms. The summed E-state index contributed by atoms with van der Waals surface area (Å²) in [5.74, 6) is -1.30. The molecule has 0 aliphatic carbocycles. The first-order valence-electron chi connectivity index (χ1n) is 7.64. The summed E-state index contributed by atoms with van der Waals surface area (Å²) in [6.07, 6.45) is 1.05. The maximum atomic E-state index is 11.8. The first kappa shape index (κ1) is 18.2. The summed E-state index contributed by atoms with van der Waals surface area (Å²) in [5, 5.41) is 11.6. The largest absolute Gasteiger partial charge is 0.480 e. The van der Waals surface area contributed by atoms with Crippen LogP contribution in [0.25, 0.3) is 0 Å². The number of aliphatic carboxylic acids is 1. The highest BCUT2D eigenvalue weighted by molar-refractivity contribution is 5.83. The molecular weight excluding hydrogens is 280 g/mol. The highest BCUT2D eigenvalue weighted by Gasteiger charge is 2.22. The summed E-state index contributed by atoms with van der Waals surface area (Å²) >= 11 is 0. The van der Waals surface area contributed by atoms with Crippen molar-refractivity contribution in [2.24, 2.45) is 5.92 Å². The third-order valence-electron chi connectivity index (χ3n) is 3.49. The molecule has 0 aliphatic heterocycles. The molecule has 1 aromatic carbocycles. The van der Waals surface area contributed by atoms with Gasteiger partial charge < -0.3 is 15.3 Å². The second-order valence-electron chi connectivity index (χ2n) is 5.95. The molecular formula is C17H26N2O3. The molecule has 2 N–H and O–H groups in total. The Labute approximate surface area is 132 Å². The zero-order chi connectivity index (χ0) is 16.5. The molecule has 22 heavy (non-hydrogen) atoms. The molecule has 0 saturated carbocycles. The van der Waals surface area contributed by atoms with Gasteiger partial charge in [-0.15, -0.1) is 0 Å². The molecule has 1 rings (SSSR count). The van der Waals surface area contributed by atoms with Gasteiger partial charge in [0.05, 0.1) is 0 Å². The van der Waals surface area contributed by atoms with E-state index in [1.54, 1.807) is 13.8 Å². The summed E-state index contributed by atoms with van der Waals surface area (Å²) in [4.78, 5) is 25.0. The van der Waals surface area contributed by atoms with Crippen molar-refractivity contribution in [1.29, 1.82) is 0 Å². The summed E-state index contributed by atoms with van der Waals surface area (Å²) in [6, 6.07) is 9.34. The predicted octanol–water partition coefficient (Wildman–Crippen LogP) is 2.12. The minimum absolute atomic E-state index is 0.123. The van der Waals surface area contributed by atoms with Gasteiger partial charge in [-0.1, -0.05) is 44.2 Å². The smallest absolute Gasteiger partial charge is 0.326 e. The van der Waals surface area contributed by atoms with Crippen molar-refractivity contribution in [2.45, 2.75) is 39.3 Å². The van der Waals surface area contributed by atoms with Crippen LogP contribution in [0.3, 0.4) is 0 Å². The monoisotopic (exact) mass is 306 g/mol. The number of benzene rings is 1. The number of hydrogen-bond donors (Lipinski definition) is 2. The Morgan fingerprint density at radius 1 is 1.23 bits per heavy atom. The SMILES string of the molecule is CC(C)C(NC(=O)CCCN(C)Cc1ccccc1)C(=O)O. The normalized spacial score (nSPS) is 12.4. The quantitative estimate of drug-likeness (QED) is 0.733. The Morgan fingerprint density at radius 3 is 2.41 bits per heavy atom. The van der Waals surface area contributed by atoms with Crippen LogP contribution in [-0.2, 0) is 16.1 Å². The van der Waals surface area contributed by atoms with Gasteiger partial charge in [0.25, 0.3) is 0 Å². The molecule has 5 nitrogen and oxygen atoms in total. The van der Waals surface area contributed by atoms with Crippen molar-refractivity contribution in [3.05, 3.63) is 35.9 Å². The minimum atomic E-state index is -0.982. The molecule has 0 bridgehead atoms. The van der Waals surface area contributed by atoms with Crippen LogP contribution >= 0.6 is 0 Å². The summed E-state index contributed by atoms with van der Waals surface area (Å²) < 4.78 is 0. The van der Waals surface area contributed by atoms with Gasteiger partial charge in [0.1, 0.15) is 6.04 Å². The molecule has 122 valence electrons. The molecule has 1 amide bonds. The van der Waals surface area contributed by atoms with E-state index in [2.05, 4.69) is 22.3 Å². The van der Waals surface area contributed by atoms with E-state index < -0.39 is 12.0 Å². The van der Waals surface area contributed by atoms with E-state index in [0.717, 1.165) is 13.1 Å². The van der Waals surface area contributed by atoms with Crippen LogP contribution in [0, 0.1) is 5.92 Å². The maximum absolute atomic E-state index is 11.8. The van der Waals surface area contributed by atoms with Gasteiger partial charge in [0, 0.05) is 13.0 Å². The van der Waals surface area contributed by atoms with Gasteiger partial charge in [-0.25, -0.2) is 4.79 Å². The van der Waals surface area contributed by atoms with Crippen molar-refractivity contribution in [2.75, 3.05) is 13.6 Å². The Kier molecular flexibility index (Phi) is 7.60. The van der Waals surface area contributed by atoms with Gasteiger partial charge in [-0.3, -0.25) is 4.79 Å². The standard InChI is InChI=1S/C17H26N2O3/c1-13(2)16(17(21)22)18-15(20)10-7-11-19(3)12-14-8-5-4-6-9-14/h4-6,8-9,13,16H,7,10-12H2,1-3H3,(H,18,20)(H,21,22). The van der Waals surface area contributed by atoms with Crippen LogP contribution in [0.2, 0.25) is 0 Å². The van der Waals surface area contributed by atoms with Crippen LogP contribution in [-0.4, -0.2) is 41.5 Å². The molecule has 1 unspecified atom stereocenters. The molecule has 1 aromatic rings. The number of nitrogens with zero attached hydrogens (tertiary/aromatic N) is 1. The van der Waals surface area contributed by atoms with Crippen LogP contribution in [0.4, 0.5) is 0 Å². The predicted molar refractivity (Wildman–Crippen MR) is 86.4 cm³/mol. The number of carboxylic acids is 1. The fourth-order valence-electron chi connectivity index (χ4n) is 2.24. The lowest BCUT2D eigenvalue weighted by Gasteiger charge is -2.19. The Balaban J connectivity index is 2.28. The van der Waals surface area contributed by atoms with Crippen molar-refractivity contribution in [3.8, 4) is 0 Å². The number of carboxylic acid groups (broad SMARTS) is 1. The van der Waals surface area contributed by atoms with Crippen molar-refractivity contribution >= 4 is 11.9 Å². The van der Waals surface area contributed by atoms with Gasteiger partial charge in [0.2, 0.25) is 5.91 Å². The van der Waals surface area contributed by atoms with E-state index in [1.807, 2.05) is 25.2 Å².